The van der Waals surface area contributed by atoms with Crippen LogP contribution in [0.5, 0.6) is 0 Å². The van der Waals surface area contributed by atoms with E-state index in [0.717, 1.165) is 43.5 Å². The number of nitrogens with zero attached hydrogens (tertiary/aromatic N) is 1. The van der Waals surface area contributed by atoms with Crippen LogP contribution in [-0.2, 0) is 16.1 Å². The number of hydrogen-bond acceptors (Lipinski definition) is 3. The van der Waals surface area contributed by atoms with Gasteiger partial charge in [-0.15, -0.1) is 0 Å². The normalized spacial score (nSPS) is 24.2. The average molecular weight is 315 g/mol. The molecule has 5 nitrogen and oxygen atoms in total. The van der Waals surface area contributed by atoms with Crippen molar-refractivity contribution < 1.29 is 9.59 Å². The third-order valence-electron chi connectivity index (χ3n) is 5.06. The van der Waals surface area contributed by atoms with Gasteiger partial charge in [-0.2, -0.15) is 0 Å². The van der Waals surface area contributed by atoms with Crippen LogP contribution in [0, 0.1) is 11.8 Å². The van der Waals surface area contributed by atoms with Crippen LogP contribution < -0.4 is 16.0 Å². The summed E-state index contributed by atoms with van der Waals surface area (Å²) >= 11 is 0. The van der Waals surface area contributed by atoms with Crippen molar-refractivity contribution in [3.63, 3.8) is 0 Å². The largest absolute Gasteiger partial charge is 0.352 e. The quantitative estimate of drug-likeness (QED) is 0.870. The Bertz CT molecular complexity index is 587. The Labute approximate surface area is 137 Å². The number of benzene rings is 1. The molecule has 0 radical (unpaired) electrons. The summed E-state index contributed by atoms with van der Waals surface area (Å²) < 4.78 is 0. The van der Waals surface area contributed by atoms with Gasteiger partial charge >= 0.3 is 0 Å². The maximum absolute atomic E-state index is 12.3. The molecule has 0 spiro atoms. The van der Waals surface area contributed by atoms with Gasteiger partial charge in [-0.3, -0.25) is 9.59 Å². The molecule has 23 heavy (non-hydrogen) atoms. The maximum atomic E-state index is 12.3. The summed E-state index contributed by atoms with van der Waals surface area (Å²) in [6.45, 7) is 1.88. The molecule has 3 rings (SSSR count). The van der Waals surface area contributed by atoms with Crippen LogP contribution in [-0.4, -0.2) is 24.9 Å². The van der Waals surface area contributed by atoms with E-state index in [2.05, 4.69) is 5.32 Å². The summed E-state index contributed by atoms with van der Waals surface area (Å²) in [6, 6.07) is 7.88. The number of amides is 2. The van der Waals surface area contributed by atoms with Crippen LogP contribution in [0.4, 0.5) is 5.69 Å². The van der Waals surface area contributed by atoms with Crippen LogP contribution in [0.2, 0.25) is 0 Å². The predicted molar refractivity (Wildman–Crippen MR) is 89.8 cm³/mol. The number of hydrogen-bond donors (Lipinski definition) is 2. The topological polar surface area (TPSA) is 75.4 Å². The van der Waals surface area contributed by atoms with Crippen molar-refractivity contribution in [2.75, 3.05) is 18.0 Å². The summed E-state index contributed by atoms with van der Waals surface area (Å²) in [5, 5.41) is 3.04. The first-order valence-corrected chi connectivity index (χ1v) is 8.56. The van der Waals surface area contributed by atoms with Gasteiger partial charge in [-0.1, -0.05) is 18.6 Å². The van der Waals surface area contributed by atoms with Crippen LogP contribution in [0.3, 0.4) is 0 Å². The molecule has 2 fully saturated rings. The Balaban J connectivity index is 1.60. The highest BCUT2D eigenvalue weighted by molar-refractivity contribution is 5.95. The highest BCUT2D eigenvalue weighted by atomic mass is 16.2. The van der Waals surface area contributed by atoms with Gasteiger partial charge in [0.15, 0.2) is 0 Å². The molecule has 1 aliphatic carbocycles. The number of nitrogens with one attached hydrogen (secondary N) is 1. The fourth-order valence-electron chi connectivity index (χ4n) is 3.74. The zero-order valence-corrected chi connectivity index (χ0v) is 13.5. The standard InChI is InChI=1S/C18H25N3O2/c19-11-14-5-2-7-16(14)18(23)20-12-13-4-1-6-15(10-13)21-9-3-8-17(21)22/h1,4,6,10,14,16H,2-3,5,7-9,11-12,19H2,(H,20,23)/t14-,16-/m1/s1. The second-order valence-electron chi connectivity index (χ2n) is 6.57. The Morgan fingerprint density at radius 2 is 2.17 bits per heavy atom. The zero-order valence-electron chi connectivity index (χ0n) is 13.5. The number of carbonyl (C=O) groups is 2. The monoisotopic (exact) mass is 315 g/mol. The molecule has 1 saturated heterocycles. The molecule has 2 atom stereocenters. The van der Waals surface area contributed by atoms with E-state index >= 15 is 0 Å². The third kappa shape index (κ3) is 3.55. The van der Waals surface area contributed by atoms with Gasteiger partial charge in [0.1, 0.15) is 0 Å². The van der Waals surface area contributed by atoms with Crippen LogP contribution in [0.1, 0.15) is 37.7 Å². The molecular formula is C18H25N3O2. The number of anilines is 1. The molecule has 1 aliphatic heterocycles. The minimum atomic E-state index is 0.0587. The van der Waals surface area contributed by atoms with Crippen molar-refractivity contribution in [2.24, 2.45) is 17.6 Å². The molecule has 1 saturated carbocycles. The van der Waals surface area contributed by atoms with E-state index in [4.69, 9.17) is 5.73 Å². The zero-order chi connectivity index (χ0) is 16.2. The molecule has 1 aromatic carbocycles. The molecule has 2 amide bonds. The summed E-state index contributed by atoms with van der Waals surface area (Å²) in [5.41, 5.74) is 7.71. The van der Waals surface area contributed by atoms with Gasteiger partial charge in [0.2, 0.25) is 11.8 Å². The molecule has 2 aliphatic rings. The second kappa shape index (κ2) is 7.13. The fraction of sp³-hybridized carbons (Fsp3) is 0.556. The summed E-state index contributed by atoms with van der Waals surface area (Å²) in [7, 11) is 0. The third-order valence-corrected chi connectivity index (χ3v) is 5.06. The van der Waals surface area contributed by atoms with E-state index in [1.165, 1.54) is 0 Å². The Kier molecular flexibility index (Phi) is 4.96. The molecular weight excluding hydrogens is 290 g/mol. The lowest BCUT2D eigenvalue weighted by Gasteiger charge is -2.19. The van der Waals surface area contributed by atoms with Gasteiger partial charge in [0.25, 0.3) is 0 Å². The van der Waals surface area contributed by atoms with Crippen LogP contribution in [0.25, 0.3) is 0 Å². The van der Waals surface area contributed by atoms with Crippen molar-refractivity contribution in [2.45, 2.75) is 38.6 Å². The van der Waals surface area contributed by atoms with Gasteiger partial charge in [0.05, 0.1) is 0 Å². The first-order chi connectivity index (χ1) is 11.2. The lowest BCUT2D eigenvalue weighted by molar-refractivity contribution is -0.126. The minimum absolute atomic E-state index is 0.0587. The van der Waals surface area contributed by atoms with E-state index in [0.29, 0.717) is 25.4 Å². The van der Waals surface area contributed by atoms with Gasteiger partial charge < -0.3 is 16.0 Å². The Morgan fingerprint density at radius 1 is 1.30 bits per heavy atom. The van der Waals surface area contributed by atoms with E-state index < -0.39 is 0 Å². The first kappa shape index (κ1) is 16.0. The SMILES string of the molecule is NC[C@H]1CCC[C@H]1C(=O)NCc1cccc(N2CCCC2=O)c1. The van der Waals surface area contributed by atoms with Crippen molar-refractivity contribution in [1.29, 1.82) is 0 Å². The van der Waals surface area contributed by atoms with Crippen molar-refractivity contribution >= 4 is 17.5 Å². The summed E-state index contributed by atoms with van der Waals surface area (Å²) in [4.78, 5) is 26.0. The first-order valence-electron chi connectivity index (χ1n) is 8.56. The number of nitrogens with two attached hydrogens (primary N) is 1. The molecule has 1 aromatic rings. The molecule has 5 heteroatoms. The molecule has 124 valence electrons. The maximum Gasteiger partial charge on any atom is 0.227 e. The lowest BCUT2D eigenvalue weighted by atomic mass is 9.95. The second-order valence-corrected chi connectivity index (χ2v) is 6.57. The van der Waals surface area contributed by atoms with Crippen molar-refractivity contribution in [1.82, 2.24) is 5.32 Å². The van der Waals surface area contributed by atoms with Crippen molar-refractivity contribution in [3.8, 4) is 0 Å². The molecule has 0 unspecified atom stereocenters. The fourth-order valence-corrected chi connectivity index (χ4v) is 3.74. The van der Waals surface area contributed by atoms with Gasteiger partial charge in [0, 0.05) is 31.1 Å². The molecule has 0 aromatic heterocycles. The van der Waals surface area contributed by atoms with Gasteiger partial charge in [-0.25, -0.2) is 0 Å². The number of rotatable bonds is 5. The van der Waals surface area contributed by atoms with E-state index in [-0.39, 0.29) is 17.7 Å². The minimum Gasteiger partial charge on any atom is -0.352 e. The molecule has 1 heterocycles. The van der Waals surface area contributed by atoms with Crippen molar-refractivity contribution in [3.05, 3.63) is 29.8 Å². The predicted octanol–water partition coefficient (Wildman–Crippen LogP) is 1.80. The lowest BCUT2D eigenvalue weighted by Crippen LogP contribution is -2.34. The highest BCUT2D eigenvalue weighted by Crippen LogP contribution is 2.31. The smallest absolute Gasteiger partial charge is 0.227 e. The average Bonchev–Trinajstić information content (AvgIpc) is 3.21. The number of carbonyl (C=O) groups excluding carboxylic acids is 2. The summed E-state index contributed by atoms with van der Waals surface area (Å²) in [6.07, 6.45) is 4.63. The van der Waals surface area contributed by atoms with E-state index in [1.807, 2.05) is 29.2 Å². The summed E-state index contributed by atoms with van der Waals surface area (Å²) in [5.74, 6) is 0.676. The Hall–Kier alpha value is -1.88. The molecule has 3 N–H and O–H groups in total. The Morgan fingerprint density at radius 3 is 2.91 bits per heavy atom. The van der Waals surface area contributed by atoms with Crippen LogP contribution in [0.15, 0.2) is 24.3 Å². The van der Waals surface area contributed by atoms with Gasteiger partial charge in [-0.05, 0) is 49.4 Å². The van der Waals surface area contributed by atoms with E-state index in [1.54, 1.807) is 0 Å². The van der Waals surface area contributed by atoms with E-state index in [9.17, 15) is 9.59 Å². The highest BCUT2D eigenvalue weighted by Gasteiger charge is 2.31. The molecule has 0 bridgehead atoms. The van der Waals surface area contributed by atoms with Crippen LogP contribution >= 0.6 is 0 Å².